The fourth-order valence-corrected chi connectivity index (χ4v) is 3.57. The fourth-order valence-electron chi connectivity index (χ4n) is 3.57. The second kappa shape index (κ2) is 10.6. The average molecular weight is 422 g/mol. The summed E-state index contributed by atoms with van der Waals surface area (Å²) in [4.78, 5) is 31.8. The fraction of sp³-hybridized carbons (Fsp3) is 0.375. The second-order valence-electron chi connectivity index (χ2n) is 7.86. The second-order valence-corrected chi connectivity index (χ2v) is 7.86. The van der Waals surface area contributed by atoms with Crippen LogP contribution in [0.5, 0.6) is 0 Å². The molecule has 0 aliphatic carbocycles. The quantitative estimate of drug-likeness (QED) is 0.532. The van der Waals surface area contributed by atoms with Crippen molar-refractivity contribution in [1.82, 2.24) is 20.4 Å². The normalized spacial score (nSPS) is 14.0. The molecule has 0 bridgehead atoms. The third kappa shape index (κ3) is 6.07. The number of likely N-dealkylation sites (tertiary alicyclic amines) is 1. The smallest absolute Gasteiger partial charge is 0.253 e. The van der Waals surface area contributed by atoms with Gasteiger partial charge in [0.2, 0.25) is 5.91 Å². The number of guanidine groups is 1. The lowest BCUT2D eigenvalue weighted by Crippen LogP contribution is -2.36. The molecule has 7 nitrogen and oxygen atoms in total. The van der Waals surface area contributed by atoms with Crippen molar-refractivity contribution in [3.8, 4) is 0 Å². The van der Waals surface area contributed by atoms with E-state index in [1.165, 1.54) is 0 Å². The first kappa shape index (κ1) is 22.3. The third-order valence-corrected chi connectivity index (χ3v) is 5.39. The maximum absolute atomic E-state index is 12.0. The van der Waals surface area contributed by atoms with Crippen LogP contribution in [0, 0.1) is 0 Å². The van der Waals surface area contributed by atoms with E-state index in [1.54, 1.807) is 26.0 Å². The van der Waals surface area contributed by atoms with E-state index < -0.39 is 0 Å². The van der Waals surface area contributed by atoms with Crippen LogP contribution in [0.25, 0.3) is 0 Å². The SMILES string of the molecule is CN=C(NCc1ccc(C(=O)N(C)C)cc1)NCc1ccccc1CN1CCCC1=O. The van der Waals surface area contributed by atoms with Crippen molar-refractivity contribution >= 4 is 17.8 Å². The molecule has 1 saturated heterocycles. The number of hydrogen-bond acceptors (Lipinski definition) is 3. The van der Waals surface area contributed by atoms with E-state index in [0.717, 1.165) is 29.7 Å². The molecule has 2 aromatic rings. The summed E-state index contributed by atoms with van der Waals surface area (Å²) in [6.07, 6.45) is 1.60. The first-order chi connectivity index (χ1) is 15.0. The Bertz CT molecular complexity index is 937. The van der Waals surface area contributed by atoms with Gasteiger partial charge in [-0.15, -0.1) is 0 Å². The van der Waals surface area contributed by atoms with E-state index >= 15 is 0 Å². The highest BCUT2D eigenvalue weighted by Gasteiger charge is 2.20. The lowest BCUT2D eigenvalue weighted by Gasteiger charge is -2.19. The minimum Gasteiger partial charge on any atom is -0.352 e. The standard InChI is InChI=1S/C24H31N5O2/c1-25-24(26-15-18-10-12-19(13-11-18)23(31)28(2)3)27-16-20-7-4-5-8-21(20)17-29-14-6-9-22(29)30/h4-5,7-8,10-13H,6,9,14-17H2,1-3H3,(H2,25,26,27). The Labute approximate surface area is 184 Å². The minimum atomic E-state index is -0.00807. The van der Waals surface area contributed by atoms with Crippen molar-refractivity contribution in [3.05, 3.63) is 70.8 Å². The highest BCUT2D eigenvalue weighted by atomic mass is 16.2. The molecule has 0 saturated carbocycles. The number of amides is 2. The summed E-state index contributed by atoms with van der Waals surface area (Å²) in [6.45, 7) is 2.71. The molecule has 2 N–H and O–H groups in total. The minimum absolute atomic E-state index is 0.00807. The Kier molecular flexibility index (Phi) is 7.65. The Morgan fingerprint density at radius 2 is 1.71 bits per heavy atom. The number of carbonyl (C=O) groups excluding carboxylic acids is 2. The van der Waals surface area contributed by atoms with Crippen LogP contribution < -0.4 is 10.6 Å². The van der Waals surface area contributed by atoms with E-state index in [2.05, 4.69) is 27.8 Å². The molecule has 1 heterocycles. The number of aliphatic imine (C=N–C) groups is 1. The van der Waals surface area contributed by atoms with E-state index in [9.17, 15) is 9.59 Å². The van der Waals surface area contributed by atoms with Gasteiger partial charge in [-0.2, -0.15) is 0 Å². The predicted octanol–water partition coefficient (Wildman–Crippen LogP) is 2.38. The molecular weight excluding hydrogens is 390 g/mol. The topological polar surface area (TPSA) is 77.0 Å². The summed E-state index contributed by atoms with van der Waals surface area (Å²) in [5.74, 6) is 0.922. The monoisotopic (exact) mass is 421 g/mol. The summed E-state index contributed by atoms with van der Waals surface area (Å²) < 4.78 is 0. The summed E-state index contributed by atoms with van der Waals surface area (Å²) in [5, 5.41) is 6.66. The Morgan fingerprint density at radius 1 is 1.03 bits per heavy atom. The predicted molar refractivity (Wildman–Crippen MR) is 123 cm³/mol. The highest BCUT2D eigenvalue weighted by Crippen LogP contribution is 2.17. The van der Waals surface area contributed by atoms with Crippen LogP contribution in [-0.4, -0.2) is 55.3 Å². The van der Waals surface area contributed by atoms with Gasteiger partial charge in [0.25, 0.3) is 5.91 Å². The van der Waals surface area contributed by atoms with Gasteiger partial charge in [0.15, 0.2) is 5.96 Å². The van der Waals surface area contributed by atoms with Crippen molar-refractivity contribution in [2.45, 2.75) is 32.5 Å². The van der Waals surface area contributed by atoms with Crippen LogP contribution in [0.3, 0.4) is 0 Å². The molecule has 2 amide bonds. The number of rotatable bonds is 7. The van der Waals surface area contributed by atoms with Crippen LogP contribution >= 0.6 is 0 Å². The zero-order chi connectivity index (χ0) is 22.2. The number of nitrogens with zero attached hydrogens (tertiary/aromatic N) is 3. The van der Waals surface area contributed by atoms with E-state index in [0.29, 0.717) is 37.6 Å². The first-order valence-corrected chi connectivity index (χ1v) is 10.6. The molecular formula is C24H31N5O2. The van der Waals surface area contributed by atoms with Crippen LogP contribution in [0.4, 0.5) is 0 Å². The molecule has 0 spiro atoms. The molecule has 7 heteroatoms. The number of nitrogens with one attached hydrogen (secondary N) is 2. The molecule has 0 aromatic heterocycles. The number of benzene rings is 2. The van der Waals surface area contributed by atoms with Crippen molar-refractivity contribution in [1.29, 1.82) is 0 Å². The number of carbonyl (C=O) groups is 2. The molecule has 1 aliphatic heterocycles. The van der Waals surface area contributed by atoms with Gasteiger partial charge >= 0.3 is 0 Å². The maximum Gasteiger partial charge on any atom is 0.253 e. The lowest BCUT2D eigenvalue weighted by atomic mass is 10.1. The Morgan fingerprint density at radius 3 is 2.32 bits per heavy atom. The largest absolute Gasteiger partial charge is 0.352 e. The molecule has 0 atom stereocenters. The molecule has 1 aliphatic rings. The highest BCUT2D eigenvalue weighted by molar-refractivity contribution is 5.93. The molecule has 2 aromatic carbocycles. The van der Waals surface area contributed by atoms with E-state index in [4.69, 9.17) is 0 Å². The summed E-state index contributed by atoms with van der Waals surface area (Å²) in [7, 11) is 5.23. The zero-order valence-electron chi connectivity index (χ0n) is 18.5. The first-order valence-electron chi connectivity index (χ1n) is 10.6. The van der Waals surface area contributed by atoms with Crippen molar-refractivity contribution in [3.63, 3.8) is 0 Å². The van der Waals surface area contributed by atoms with Crippen LogP contribution in [0.15, 0.2) is 53.5 Å². The van der Waals surface area contributed by atoms with Gasteiger partial charge in [-0.1, -0.05) is 36.4 Å². The molecule has 0 unspecified atom stereocenters. The third-order valence-electron chi connectivity index (χ3n) is 5.39. The van der Waals surface area contributed by atoms with Gasteiger partial charge in [-0.05, 0) is 35.2 Å². The van der Waals surface area contributed by atoms with Crippen molar-refractivity contribution in [2.75, 3.05) is 27.7 Å². The lowest BCUT2D eigenvalue weighted by molar-refractivity contribution is -0.128. The van der Waals surface area contributed by atoms with Crippen LogP contribution in [-0.2, 0) is 24.4 Å². The van der Waals surface area contributed by atoms with Gasteiger partial charge in [-0.25, -0.2) is 0 Å². The summed E-state index contributed by atoms with van der Waals surface area (Å²) in [5.41, 5.74) is 4.04. The van der Waals surface area contributed by atoms with E-state index in [1.807, 2.05) is 41.3 Å². The molecule has 31 heavy (non-hydrogen) atoms. The van der Waals surface area contributed by atoms with Crippen LogP contribution in [0.2, 0.25) is 0 Å². The van der Waals surface area contributed by atoms with Crippen molar-refractivity contribution < 1.29 is 9.59 Å². The Balaban J connectivity index is 1.54. The molecule has 0 radical (unpaired) electrons. The van der Waals surface area contributed by atoms with Crippen LogP contribution in [0.1, 0.15) is 39.9 Å². The van der Waals surface area contributed by atoms with Gasteiger partial charge in [0, 0.05) is 59.3 Å². The zero-order valence-corrected chi connectivity index (χ0v) is 18.5. The molecule has 1 fully saturated rings. The van der Waals surface area contributed by atoms with Gasteiger partial charge in [0.1, 0.15) is 0 Å². The van der Waals surface area contributed by atoms with Gasteiger partial charge < -0.3 is 20.4 Å². The average Bonchev–Trinajstić information content (AvgIpc) is 3.19. The number of hydrogen-bond donors (Lipinski definition) is 2. The van der Waals surface area contributed by atoms with E-state index in [-0.39, 0.29) is 11.8 Å². The summed E-state index contributed by atoms with van der Waals surface area (Å²) in [6, 6.07) is 15.7. The van der Waals surface area contributed by atoms with Crippen molar-refractivity contribution in [2.24, 2.45) is 4.99 Å². The molecule has 3 rings (SSSR count). The molecule has 164 valence electrons. The maximum atomic E-state index is 12.0. The Hall–Kier alpha value is -3.35. The van der Waals surface area contributed by atoms with Gasteiger partial charge in [-0.3, -0.25) is 14.6 Å². The van der Waals surface area contributed by atoms with Gasteiger partial charge in [0.05, 0.1) is 0 Å². The summed E-state index contributed by atoms with van der Waals surface area (Å²) >= 11 is 0.